The summed E-state index contributed by atoms with van der Waals surface area (Å²) < 4.78 is 0. The Morgan fingerprint density at radius 3 is 3.07 bits per heavy atom. The summed E-state index contributed by atoms with van der Waals surface area (Å²) in [5.41, 5.74) is 0.346. The third kappa shape index (κ3) is 1.79. The minimum absolute atomic E-state index is 0.0402. The van der Waals surface area contributed by atoms with Crippen LogP contribution in [-0.2, 0) is 0 Å². The molecular weight excluding hydrogens is 192 g/mol. The van der Waals surface area contributed by atoms with Crippen LogP contribution in [0, 0.1) is 0 Å². The number of carbonyl (C=O) groups excluding carboxylic acids is 1. The summed E-state index contributed by atoms with van der Waals surface area (Å²) in [6.45, 7) is 2.81. The first-order valence-corrected chi connectivity index (χ1v) is 5.14. The van der Waals surface area contributed by atoms with E-state index < -0.39 is 0 Å². The lowest BCUT2D eigenvalue weighted by Crippen LogP contribution is -2.33. The van der Waals surface area contributed by atoms with Crippen molar-refractivity contribution >= 4 is 5.91 Å². The number of pyridine rings is 1. The molecule has 1 aromatic heterocycles. The van der Waals surface area contributed by atoms with Gasteiger partial charge < -0.3 is 10.0 Å². The molecule has 0 aliphatic carbocycles. The topological polar surface area (TPSA) is 53.4 Å². The SMILES string of the molecule is CC1CCCN1C(=O)c1ccncc1O. The van der Waals surface area contributed by atoms with E-state index in [1.807, 2.05) is 6.92 Å². The first-order chi connectivity index (χ1) is 7.20. The summed E-state index contributed by atoms with van der Waals surface area (Å²) in [6, 6.07) is 1.83. The van der Waals surface area contributed by atoms with E-state index in [4.69, 9.17) is 0 Å². The molecule has 2 heterocycles. The fourth-order valence-electron chi connectivity index (χ4n) is 1.96. The Bertz CT molecular complexity index is 379. The van der Waals surface area contributed by atoms with E-state index >= 15 is 0 Å². The van der Waals surface area contributed by atoms with Gasteiger partial charge in [-0.2, -0.15) is 0 Å². The first-order valence-electron chi connectivity index (χ1n) is 5.14. The van der Waals surface area contributed by atoms with E-state index in [2.05, 4.69) is 4.98 Å². The lowest BCUT2D eigenvalue weighted by molar-refractivity contribution is 0.0744. The van der Waals surface area contributed by atoms with Gasteiger partial charge in [0.25, 0.3) is 5.91 Å². The van der Waals surface area contributed by atoms with Crippen LogP contribution in [-0.4, -0.2) is 33.5 Å². The van der Waals surface area contributed by atoms with Crippen molar-refractivity contribution in [3.05, 3.63) is 24.0 Å². The number of hydrogen-bond donors (Lipinski definition) is 1. The minimum Gasteiger partial charge on any atom is -0.505 e. The van der Waals surface area contributed by atoms with E-state index in [1.54, 1.807) is 11.0 Å². The third-order valence-electron chi connectivity index (χ3n) is 2.84. The largest absolute Gasteiger partial charge is 0.505 e. The Kier molecular flexibility index (Phi) is 2.58. The van der Waals surface area contributed by atoms with Crippen LogP contribution in [0.5, 0.6) is 5.75 Å². The van der Waals surface area contributed by atoms with E-state index in [1.165, 1.54) is 12.4 Å². The zero-order valence-corrected chi connectivity index (χ0v) is 8.68. The number of likely N-dealkylation sites (tertiary alicyclic amines) is 1. The van der Waals surface area contributed by atoms with Gasteiger partial charge in [0, 0.05) is 18.8 Å². The molecule has 1 atom stereocenters. The van der Waals surface area contributed by atoms with Gasteiger partial charge in [-0.1, -0.05) is 0 Å². The van der Waals surface area contributed by atoms with Gasteiger partial charge in [-0.25, -0.2) is 0 Å². The second-order valence-electron chi connectivity index (χ2n) is 3.88. The second kappa shape index (κ2) is 3.88. The molecule has 1 aliphatic rings. The molecule has 0 aromatic carbocycles. The summed E-state index contributed by atoms with van der Waals surface area (Å²) >= 11 is 0. The molecule has 0 saturated carbocycles. The lowest BCUT2D eigenvalue weighted by atomic mass is 10.2. The smallest absolute Gasteiger partial charge is 0.257 e. The van der Waals surface area contributed by atoms with E-state index in [9.17, 15) is 9.90 Å². The van der Waals surface area contributed by atoms with Crippen molar-refractivity contribution in [3.8, 4) is 5.75 Å². The van der Waals surface area contributed by atoms with Crippen LogP contribution in [0.3, 0.4) is 0 Å². The standard InChI is InChI=1S/C11H14N2O2/c1-8-3-2-6-13(8)11(15)9-4-5-12-7-10(9)14/h4-5,7-8,14H,2-3,6H2,1H3. The van der Waals surface area contributed by atoms with Gasteiger partial charge in [0.05, 0.1) is 11.8 Å². The fourth-order valence-corrected chi connectivity index (χ4v) is 1.96. The molecule has 4 nitrogen and oxygen atoms in total. The predicted octanol–water partition coefficient (Wildman–Crippen LogP) is 1.41. The summed E-state index contributed by atoms with van der Waals surface area (Å²) in [5.74, 6) is -0.137. The van der Waals surface area contributed by atoms with Gasteiger partial charge in [0.1, 0.15) is 5.75 Å². The Balaban J connectivity index is 2.24. The van der Waals surface area contributed by atoms with Gasteiger partial charge in [-0.15, -0.1) is 0 Å². The number of carbonyl (C=O) groups is 1. The molecule has 1 aliphatic heterocycles. The second-order valence-corrected chi connectivity index (χ2v) is 3.88. The summed E-state index contributed by atoms with van der Waals surface area (Å²) in [4.78, 5) is 17.6. The van der Waals surface area contributed by atoms with Crippen molar-refractivity contribution < 1.29 is 9.90 Å². The molecule has 1 amide bonds. The van der Waals surface area contributed by atoms with Gasteiger partial charge in [0.2, 0.25) is 0 Å². The number of rotatable bonds is 1. The summed E-state index contributed by atoms with van der Waals surface area (Å²) in [6.07, 6.45) is 4.90. The highest BCUT2D eigenvalue weighted by Gasteiger charge is 2.27. The van der Waals surface area contributed by atoms with Crippen LogP contribution in [0.4, 0.5) is 0 Å². The predicted molar refractivity (Wildman–Crippen MR) is 55.6 cm³/mol. The molecule has 1 fully saturated rings. The van der Waals surface area contributed by atoms with Crippen LogP contribution < -0.4 is 0 Å². The summed E-state index contributed by atoms with van der Waals surface area (Å²) in [5, 5.41) is 9.52. The number of hydrogen-bond acceptors (Lipinski definition) is 3. The molecule has 2 rings (SSSR count). The molecule has 4 heteroatoms. The van der Waals surface area contributed by atoms with Crippen LogP contribution in [0.2, 0.25) is 0 Å². The third-order valence-corrected chi connectivity index (χ3v) is 2.84. The van der Waals surface area contributed by atoms with Crippen molar-refractivity contribution in [1.29, 1.82) is 0 Å². The molecular formula is C11H14N2O2. The van der Waals surface area contributed by atoms with Gasteiger partial charge in [-0.3, -0.25) is 9.78 Å². The molecule has 1 aromatic rings. The lowest BCUT2D eigenvalue weighted by Gasteiger charge is -2.21. The van der Waals surface area contributed by atoms with Gasteiger partial charge in [-0.05, 0) is 25.8 Å². The van der Waals surface area contributed by atoms with Crippen molar-refractivity contribution in [3.63, 3.8) is 0 Å². The summed E-state index contributed by atoms with van der Waals surface area (Å²) in [7, 11) is 0. The van der Waals surface area contributed by atoms with Crippen molar-refractivity contribution in [2.45, 2.75) is 25.8 Å². The highest BCUT2D eigenvalue weighted by atomic mass is 16.3. The number of amides is 1. The van der Waals surface area contributed by atoms with Crippen molar-refractivity contribution in [1.82, 2.24) is 9.88 Å². The zero-order valence-electron chi connectivity index (χ0n) is 8.68. The van der Waals surface area contributed by atoms with Gasteiger partial charge in [0.15, 0.2) is 0 Å². The fraction of sp³-hybridized carbons (Fsp3) is 0.455. The normalized spacial score (nSPS) is 20.6. The Labute approximate surface area is 88.6 Å². The molecule has 1 saturated heterocycles. The first kappa shape index (κ1) is 9.96. The molecule has 15 heavy (non-hydrogen) atoms. The Hall–Kier alpha value is -1.58. The molecule has 1 unspecified atom stereocenters. The highest BCUT2D eigenvalue weighted by Crippen LogP contribution is 2.23. The maximum absolute atomic E-state index is 12.0. The van der Waals surface area contributed by atoms with Crippen LogP contribution in [0.1, 0.15) is 30.1 Å². The molecule has 1 N–H and O–H groups in total. The average Bonchev–Trinajstić information content (AvgIpc) is 2.64. The van der Waals surface area contributed by atoms with Crippen LogP contribution in [0.15, 0.2) is 18.5 Å². The van der Waals surface area contributed by atoms with E-state index in [0.717, 1.165) is 19.4 Å². The molecule has 0 radical (unpaired) electrons. The van der Waals surface area contributed by atoms with Crippen molar-refractivity contribution in [2.24, 2.45) is 0 Å². The Morgan fingerprint density at radius 2 is 2.47 bits per heavy atom. The average molecular weight is 206 g/mol. The Morgan fingerprint density at radius 1 is 1.67 bits per heavy atom. The minimum atomic E-state index is -0.0973. The van der Waals surface area contributed by atoms with E-state index in [-0.39, 0.29) is 17.7 Å². The van der Waals surface area contributed by atoms with Crippen LogP contribution in [0.25, 0.3) is 0 Å². The molecule has 80 valence electrons. The molecule has 0 spiro atoms. The highest BCUT2D eigenvalue weighted by molar-refractivity contribution is 5.96. The molecule has 0 bridgehead atoms. The number of nitrogens with zero attached hydrogens (tertiary/aromatic N) is 2. The quantitative estimate of drug-likeness (QED) is 0.755. The number of aromatic hydroxyl groups is 1. The maximum Gasteiger partial charge on any atom is 0.257 e. The van der Waals surface area contributed by atoms with E-state index in [0.29, 0.717) is 5.56 Å². The maximum atomic E-state index is 12.0. The van der Waals surface area contributed by atoms with Gasteiger partial charge >= 0.3 is 0 Å². The van der Waals surface area contributed by atoms with Crippen molar-refractivity contribution in [2.75, 3.05) is 6.54 Å². The number of aromatic nitrogens is 1. The zero-order chi connectivity index (χ0) is 10.8. The van der Waals surface area contributed by atoms with Crippen LogP contribution >= 0.6 is 0 Å². The monoisotopic (exact) mass is 206 g/mol.